The third-order valence-electron chi connectivity index (χ3n) is 1.75. The van der Waals surface area contributed by atoms with Crippen LogP contribution in [0.3, 0.4) is 0 Å². The Labute approximate surface area is 99.1 Å². The maximum absolute atomic E-state index is 11.6. The molecule has 0 aliphatic heterocycles. The second kappa shape index (κ2) is 6.97. The highest BCUT2D eigenvalue weighted by molar-refractivity contribution is 7.91. The number of aliphatic hydroxyl groups is 1. The lowest BCUT2D eigenvalue weighted by atomic mass is 10.5. The Morgan fingerprint density at radius 2 is 2.25 bits per heavy atom. The summed E-state index contributed by atoms with van der Waals surface area (Å²) < 4.78 is 31.0. The van der Waals surface area contributed by atoms with Gasteiger partial charge in [-0.2, -0.15) is 0 Å². The summed E-state index contributed by atoms with van der Waals surface area (Å²) in [5.74, 6) is 0. The van der Waals surface area contributed by atoms with Crippen LogP contribution >= 0.6 is 11.3 Å². The molecule has 1 aromatic heterocycles. The van der Waals surface area contributed by atoms with E-state index in [-0.39, 0.29) is 13.2 Å². The Hall–Kier alpha value is -0.470. The predicted octanol–water partition coefficient (Wildman–Crippen LogP) is 0.425. The van der Waals surface area contributed by atoms with Gasteiger partial charge in [-0.05, 0) is 17.9 Å². The van der Waals surface area contributed by atoms with Gasteiger partial charge < -0.3 is 9.84 Å². The molecule has 0 bridgehead atoms. The van der Waals surface area contributed by atoms with Crippen molar-refractivity contribution >= 4 is 21.4 Å². The summed E-state index contributed by atoms with van der Waals surface area (Å²) in [6, 6.07) is 3.26. The lowest BCUT2D eigenvalue weighted by Gasteiger charge is -2.04. The van der Waals surface area contributed by atoms with Crippen LogP contribution in [0.15, 0.2) is 21.7 Å². The van der Waals surface area contributed by atoms with Crippen molar-refractivity contribution in [3.63, 3.8) is 0 Å². The summed E-state index contributed by atoms with van der Waals surface area (Å²) in [6.07, 6.45) is 0.588. The first-order chi connectivity index (χ1) is 7.67. The first-order valence-corrected chi connectivity index (χ1v) is 7.25. The Morgan fingerprint density at radius 1 is 1.44 bits per heavy atom. The van der Waals surface area contributed by atoms with E-state index in [2.05, 4.69) is 4.72 Å². The van der Waals surface area contributed by atoms with E-state index in [1.807, 2.05) is 0 Å². The molecule has 0 atom stereocenters. The molecule has 0 spiro atoms. The molecule has 16 heavy (non-hydrogen) atoms. The van der Waals surface area contributed by atoms with Gasteiger partial charge in [0, 0.05) is 13.2 Å². The lowest BCUT2D eigenvalue weighted by molar-refractivity contribution is 0.0913. The highest BCUT2D eigenvalue weighted by Crippen LogP contribution is 2.14. The molecule has 1 aromatic rings. The van der Waals surface area contributed by atoms with Crippen molar-refractivity contribution in [1.29, 1.82) is 0 Å². The van der Waals surface area contributed by atoms with Crippen molar-refractivity contribution in [2.24, 2.45) is 0 Å². The Kier molecular flexibility index (Phi) is 5.93. The minimum absolute atomic E-state index is 0.0130. The number of nitrogens with one attached hydrogen (secondary N) is 1. The fourth-order valence-electron chi connectivity index (χ4n) is 1.03. The smallest absolute Gasteiger partial charge is 0.250 e. The topological polar surface area (TPSA) is 75.6 Å². The van der Waals surface area contributed by atoms with Gasteiger partial charge in [-0.1, -0.05) is 6.07 Å². The summed E-state index contributed by atoms with van der Waals surface area (Å²) >= 11 is 1.19. The van der Waals surface area contributed by atoms with Crippen LogP contribution in [0.25, 0.3) is 0 Å². The monoisotopic (exact) mass is 265 g/mol. The fraction of sp³-hybridized carbons (Fsp3) is 0.556. The highest BCUT2D eigenvalue weighted by atomic mass is 32.2. The standard InChI is InChI=1S/C9H15NO4S2/c11-5-7-14-6-2-4-10-16(12,13)9-3-1-8-15-9/h1,3,8,10-11H,2,4-7H2. The van der Waals surface area contributed by atoms with Gasteiger partial charge >= 0.3 is 0 Å². The molecule has 0 unspecified atom stereocenters. The molecule has 2 N–H and O–H groups in total. The first-order valence-electron chi connectivity index (χ1n) is 4.88. The van der Waals surface area contributed by atoms with E-state index in [4.69, 9.17) is 9.84 Å². The van der Waals surface area contributed by atoms with E-state index < -0.39 is 10.0 Å². The van der Waals surface area contributed by atoms with E-state index in [0.29, 0.717) is 23.8 Å². The van der Waals surface area contributed by atoms with Crippen LogP contribution in [0.5, 0.6) is 0 Å². The largest absolute Gasteiger partial charge is 0.394 e. The fourth-order valence-corrected chi connectivity index (χ4v) is 3.15. The van der Waals surface area contributed by atoms with Crippen molar-refractivity contribution in [3.8, 4) is 0 Å². The van der Waals surface area contributed by atoms with Crippen molar-refractivity contribution in [2.45, 2.75) is 10.6 Å². The first kappa shape index (κ1) is 13.6. The summed E-state index contributed by atoms with van der Waals surface area (Å²) in [7, 11) is -3.35. The van der Waals surface area contributed by atoms with Crippen LogP contribution in [-0.4, -0.2) is 39.9 Å². The second-order valence-electron chi connectivity index (χ2n) is 3.02. The number of hydrogen-bond acceptors (Lipinski definition) is 5. The molecule has 0 amide bonds. The van der Waals surface area contributed by atoms with Gasteiger partial charge in [-0.3, -0.25) is 0 Å². The lowest BCUT2D eigenvalue weighted by Crippen LogP contribution is -2.24. The van der Waals surface area contributed by atoms with Crippen LogP contribution in [0, 0.1) is 0 Å². The molecule has 0 saturated carbocycles. The number of aliphatic hydroxyl groups excluding tert-OH is 1. The Bertz CT molecular complexity index is 374. The summed E-state index contributed by atoms with van der Waals surface area (Å²) in [4.78, 5) is 0. The summed E-state index contributed by atoms with van der Waals surface area (Å²) in [6.45, 7) is 1.05. The Balaban J connectivity index is 2.22. The highest BCUT2D eigenvalue weighted by Gasteiger charge is 2.13. The van der Waals surface area contributed by atoms with Gasteiger partial charge in [0.15, 0.2) is 0 Å². The molecule has 1 heterocycles. The number of rotatable bonds is 8. The van der Waals surface area contributed by atoms with Gasteiger partial charge in [-0.25, -0.2) is 13.1 Å². The van der Waals surface area contributed by atoms with E-state index >= 15 is 0 Å². The zero-order valence-corrected chi connectivity index (χ0v) is 10.4. The summed E-state index contributed by atoms with van der Waals surface area (Å²) in [5, 5.41) is 10.2. The van der Waals surface area contributed by atoms with Gasteiger partial charge in [0.25, 0.3) is 0 Å². The van der Waals surface area contributed by atoms with Gasteiger partial charge in [-0.15, -0.1) is 11.3 Å². The number of ether oxygens (including phenoxy) is 1. The quantitative estimate of drug-likeness (QED) is 0.668. The zero-order valence-electron chi connectivity index (χ0n) is 8.76. The molecule has 0 aliphatic carbocycles. The molecule has 7 heteroatoms. The predicted molar refractivity (Wildman–Crippen MR) is 62.0 cm³/mol. The zero-order chi connectivity index (χ0) is 11.9. The van der Waals surface area contributed by atoms with Crippen LogP contribution in [0.1, 0.15) is 6.42 Å². The average molecular weight is 265 g/mol. The van der Waals surface area contributed by atoms with Gasteiger partial charge in [0.05, 0.1) is 13.2 Å². The van der Waals surface area contributed by atoms with E-state index in [9.17, 15) is 8.42 Å². The molecule has 0 fully saturated rings. The number of sulfonamides is 1. The molecule has 0 aromatic carbocycles. The van der Waals surface area contributed by atoms with E-state index in [1.54, 1.807) is 17.5 Å². The maximum atomic E-state index is 11.6. The van der Waals surface area contributed by atoms with Gasteiger partial charge in [0.2, 0.25) is 10.0 Å². The third kappa shape index (κ3) is 4.58. The third-order valence-corrected chi connectivity index (χ3v) is 4.61. The van der Waals surface area contributed by atoms with Crippen molar-refractivity contribution < 1.29 is 18.3 Å². The molecule has 0 saturated heterocycles. The molecule has 0 radical (unpaired) electrons. The normalized spacial score (nSPS) is 11.8. The van der Waals surface area contributed by atoms with Crippen molar-refractivity contribution in [1.82, 2.24) is 4.72 Å². The number of thiophene rings is 1. The van der Waals surface area contributed by atoms with Crippen LogP contribution in [-0.2, 0) is 14.8 Å². The van der Waals surface area contributed by atoms with Crippen LogP contribution < -0.4 is 4.72 Å². The minimum Gasteiger partial charge on any atom is -0.394 e. The number of hydrogen-bond donors (Lipinski definition) is 2. The average Bonchev–Trinajstić information content (AvgIpc) is 2.77. The van der Waals surface area contributed by atoms with Crippen LogP contribution in [0.2, 0.25) is 0 Å². The van der Waals surface area contributed by atoms with Crippen molar-refractivity contribution in [3.05, 3.63) is 17.5 Å². The molecular formula is C9H15NO4S2. The molecule has 1 rings (SSSR count). The molecule has 5 nitrogen and oxygen atoms in total. The molecule has 92 valence electrons. The molecular weight excluding hydrogens is 250 g/mol. The Morgan fingerprint density at radius 3 is 2.88 bits per heavy atom. The van der Waals surface area contributed by atoms with Crippen LogP contribution in [0.4, 0.5) is 0 Å². The minimum atomic E-state index is -3.35. The maximum Gasteiger partial charge on any atom is 0.250 e. The molecule has 0 aliphatic rings. The van der Waals surface area contributed by atoms with Gasteiger partial charge in [0.1, 0.15) is 4.21 Å². The van der Waals surface area contributed by atoms with E-state index in [0.717, 1.165) is 0 Å². The SMILES string of the molecule is O=S(=O)(NCCCOCCO)c1cccs1. The van der Waals surface area contributed by atoms with E-state index in [1.165, 1.54) is 11.3 Å². The second-order valence-corrected chi connectivity index (χ2v) is 5.96. The van der Waals surface area contributed by atoms with Crippen molar-refractivity contribution in [2.75, 3.05) is 26.4 Å². The summed E-state index contributed by atoms with van der Waals surface area (Å²) in [5.41, 5.74) is 0.